The second-order valence-electron chi connectivity index (χ2n) is 2.87. The lowest BCUT2D eigenvalue weighted by atomic mass is 10.1. The van der Waals surface area contributed by atoms with Crippen molar-refractivity contribution >= 4 is 27.5 Å². The Kier molecular flexibility index (Phi) is 2.85. The molecule has 0 atom stereocenters. The Labute approximate surface area is 95.9 Å². The van der Waals surface area contributed by atoms with Crippen molar-refractivity contribution < 1.29 is 0 Å². The maximum absolute atomic E-state index is 5.91. The molecule has 3 heteroatoms. The highest BCUT2D eigenvalue weighted by molar-refractivity contribution is 9.10. The Hall–Kier alpha value is -0.860. The van der Waals surface area contributed by atoms with E-state index in [4.69, 9.17) is 11.6 Å². The first-order chi connectivity index (χ1) is 6.77. The Bertz CT molecular complexity index is 457. The number of halogens is 2. The SMILES string of the molecule is Clc1cccc(-c2cnccc2Br)c1. The van der Waals surface area contributed by atoms with Crippen molar-refractivity contribution in [1.29, 1.82) is 0 Å². The fourth-order valence-electron chi connectivity index (χ4n) is 1.25. The minimum atomic E-state index is 0.734. The summed E-state index contributed by atoms with van der Waals surface area (Å²) in [7, 11) is 0. The second-order valence-corrected chi connectivity index (χ2v) is 4.16. The highest BCUT2D eigenvalue weighted by Gasteiger charge is 2.02. The summed E-state index contributed by atoms with van der Waals surface area (Å²) in [5.74, 6) is 0. The molecule has 0 saturated carbocycles. The molecule has 0 fully saturated rings. The van der Waals surface area contributed by atoms with Crippen molar-refractivity contribution in [2.24, 2.45) is 0 Å². The third kappa shape index (κ3) is 1.97. The first-order valence-electron chi connectivity index (χ1n) is 4.13. The van der Waals surface area contributed by atoms with Crippen LogP contribution in [0.3, 0.4) is 0 Å². The monoisotopic (exact) mass is 267 g/mol. The van der Waals surface area contributed by atoms with Crippen molar-refractivity contribution in [3.63, 3.8) is 0 Å². The molecular formula is C11H7BrClN. The summed E-state index contributed by atoms with van der Waals surface area (Å²) in [6.45, 7) is 0. The standard InChI is InChI=1S/C11H7BrClN/c12-11-4-5-14-7-10(11)8-2-1-3-9(13)6-8/h1-7H. The van der Waals surface area contributed by atoms with E-state index in [1.807, 2.05) is 36.5 Å². The van der Waals surface area contributed by atoms with E-state index in [0.29, 0.717) is 0 Å². The zero-order valence-corrected chi connectivity index (χ0v) is 9.59. The Balaban J connectivity index is 2.55. The van der Waals surface area contributed by atoms with Crippen LogP contribution in [-0.4, -0.2) is 4.98 Å². The molecule has 0 N–H and O–H groups in total. The van der Waals surface area contributed by atoms with Gasteiger partial charge in [0.2, 0.25) is 0 Å². The van der Waals surface area contributed by atoms with Gasteiger partial charge in [0.1, 0.15) is 0 Å². The minimum Gasteiger partial charge on any atom is -0.264 e. The maximum Gasteiger partial charge on any atom is 0.0412 e. The van der Waals surface area contributed by atoms with E-state index in [2.05, 4.69) is 20.9 Å². The highest BCUT2D eigenvalue weighted by Crippen LogP contribution is 2.28. The molecule has 0 saturated heterocycles. The van der Waals surface area contributed by atoms with Crippen LogP contribution in [0.1, 0.15) is 0 Å². The van der Waals surface area contributed by atoms with Gasteiger partial charge in [-0.1, -0.05) is 39.7 Å². The molecule has 70 valence electrons. The normalized spacial score (nSPS) is 10.1. The molecule has 14 heavy (non-hydrogen) atoms. The molecule has 2 rings (SSSR count). The van der Waals surface area contributed by atoms with E-state index in [1.165, 1.54) is 0 Å². The average Bonchev–Trinajstić information content (AvgIpc) is 2.18. The number of aromatic nitrogens is 1. The Morgan fingerprint density at radius 3 is 2.79 bits per heavy atom. The quantitative estimate of drug-likeness (QED) is 0.756. The number of benzene rings is 1. The van der Waals surface area contributed by atoms with E-state index < -0.39 is 0 Å². The van der Waals surface area contributed by atoms with Gasteiger partial charge in [-0.2, -0.15) is 0 Å². The van der Waals surface area contributed by atoms with E-state index in [-0.39, 0.29) is 0 Å². The predicted octanol–water partition coefficient (Wildman–Crippen LogP) is 4.16. The highest BCUT2D eigenvalue weighted by atomic mass is 79.9. The minimum absolute atomic E-state index is 0.734. The van der Waals surface area contributed by atoms with Crippen LogP contribution in [0.4, 0.5) is 0 Å². The third-order valence-corrected chi connectivity index (χ3v) is 2.83. The van der Waals surface area contributed by atoms with Gasteiger partial charge in [-0.25, -0.2) is 0 Å². The summed E-state index contributed by atoms with van der Waals surface area (Å²) < 4.78 is 1.02. The van der Waals surface area contributed by atoms with E-state index in [1.54, 1.807) is 6.20 Å². The topological polar surface area (TPSA) is 12.9 Å². The summed E-state index contributed by atoms with van der Waals surface area (Å²) in [6, 6.07) is 9.62. The number of rotatable bonds is 1. The molecule has 1 aromatic heterocycles. The first-order valence-corrected chi connectivity index (χ1v) is 5.30. The molecule has 0 radical (unpaired) electrons. The lowest BCUT2D eigenvalue weighted by Gasteiger charge is -2.03. The van der Waals surface area contributed by atoms with Gasteiger partial charge in [-0.05, 0) is 23.8 Å². The van der Waals surface area contributed by atoms with Gasteiger partial charge in [-0.15, -0.1) is 0 Å². The van der Waals surface area contributed by atoms with Crippen molar-refractivity contribution in [3.8, 4) is 11.1 Å². The molecule has 0 aliphatic carbocycles. The van der Waals surface area contributed by atoms with Crippen molar-refractivity contribution in [3.05, 3.63) is 52.2 Å². The van der Waals surface area contributed by atoms with Gasteiger partial charge in [0.05, 0.1) is 0 Å². The van der Waals surface area contributed by atoms with Crippen LogP contribution in [0.15, 0.2) is 47.2 Å². The van der Waals surface area contributed by atoms with Gasteiger partial charge >= 0.3 is 0 Å². The third-order valence-electron chi connectivity index (χ3n) is 1.90. The second kappa shape index (κ2) is 4.11. The zero-order chi connectivity index (χ0) is 9.97. The number of hydrogen-bond acceptors (Lipinski definition) is 1. The molecular weight excluding hydrogens is 261 g/mol. The van der Waals surface area contributed by atoms with Crippen LogP contribution in [0, 0.1) is 0 Å². The number of pyridine rings is 1. The molecule has 0 unspecified atom stereocenters. The van der Waals surface area contributed by atoms with Gasteiger partial charge in [0.15, 0.2) is 0 Å². The molecule has 0 spiro atoms. The van der Waals surface area contributed by atoms with E-state index in [0.717, 1.165) is 20.6 Å². The number of hydrogen-bond donors (Lipinski definition) is 0. The molecule has 0 amide bonds. The van der Waals surface area contributed by atoms with E-state index in [9.17, 15) is 0 Å². The molecule has 2 aromatic rings. The Morgan fingerprint density at radius 2 is 2.07 bits per heavy atom. The van der Waals surface area contributed by atoms with Gasteiger partial charge in [0.25, 0.3) is 0 Å². The molecule has 0 aliphatic rings. The van der Waals surface area contributed by atoms with Gasteiger partial charge in [0, 0.05) is 27.5 Å². The van der Waals surface area contributed by atoms with Gasteiger partial charge < -0.3 is 0 Å². The molecule has 0 aliphatic heterocycles. The molecule has 0 bridgehead atoms. The van der Waals surface area contributed by atoms with Crippen molar-refractivity contribution in [2.45, 2.75) is 0 Å². The molecule has 1 nitrogen and oxygen atoms in total. The molecule has 1 heterocycles. The Morgan fingerprint density at radius 1 is 1.21 bits per heavy atom. The summed E-state index contributed by atoms with van der Waals surface area (Å²) in [5, 5.41) is 0.734. The van der Waals surface area contributed by atoms with Crippen LogP contribution in [-0.2, 0) is 0 Å². The van der Waals surface area contributed by atoms with Crippen LogP contribution in [0.25, 0.3) is 11.1 Å². The number of nitrogens with zero attached hydrogens (tertiary/aromatic N) is 1. The summed E-state index contributed by atoms with van der Waals surface area (Å²) >= 11 is 9.39. The van der Waals surface area contributed by atoms with Crippen LogP contribution >= 0.6 is 27.5 Å². The predicted molar refractivity (Wildman–Crippen MR) is 62.4 cm³/mol. The fraction of sp³-hybridized carbons (Fsp3) is 0. The zero-order valence-electron chi connectivity index (χ0n) is 7.24. The fourth-order valence-corrected chi connectivity index (χ4v) is 1.89. The van der Waals surface area contributed by atoms with E-state index >= 15 is 0 Å². The summed E-state index contributed by atoms with van der Waals surface area (Å²) in [5.41, 5.74) is 2.12. The average molecular weight is 269 g/mol. The lowest BCUT2D eigenvalue weighted by molar-refractivity contribution is 1.32. The van der Waals surface area contributed by atoms with Crippen molar-refractivity contribution in [1.82, 2.24) is 4.98 Å². The van der Waals surface area contributed by atoms with Crippen LogP contribution in [0.2, 0.25) is 5.02 Å². The van der Waals surface area contributed by atoms with Gasteiger partial charge in [-0.3, -0.25) is 4.98 Å². The summed E-state index contributed by atoms with van der Waals surface area (Å²) in [4.78, 5) is 4.08. The lowest BCUT2D eigenvalue weighted by Crippen LogP contribution is -1.81. The summed E-state index contributed by atoms with van der Waals surface area (Å²) in [6.07, 6.45) is 3.56. The van der Waals surface area contributed by atoms with Crippen LogP contribution < -0.4 is 0 Å². The molecule has 1 aromatic carbocycles. The largest absolute Gasteiger partial charge is 0.264 e. The first kappa shape index (κ1) is 9.69. The van der Waals surface area contributed by atoms with Crippen molar-refractivity contribution in [2.75, 3.05) is 0 Å². The maximum atomic E-state index is 5.91. The van der Waals surface area contributed by atoms with Crippen LogP contribution in [0.5, 0.6) is 0 Å². The smallest absolute Gasteiger partial charge is 0.0412 e.